The molecule has 41 heavy (non-hydrogen) atoms. The minimum atomic E-state index is -0.971. The number of anilines is 1. The number of primary amides is 1. The highest BCUT2D eigenvalue weighted by Gasteiger charge is 2.31. The van der Waals surface area contributed by atoms with Crippen molar-refractivity contribution < 1.29 is 43.5 Å². The lowest BCUT2D eigenvalue weighted by Gasteiger charge is -2.32. The normalized spacial score (nSPS) is 29.8. The predicted molar refractivity (Wildman–Crippen MR) is 154 cm³/mol. The van der Waals surface area contributed by atoms with Crippen LogP contribution in [-0.4, -0.2) is 74.2 Å². The zero-order valence-corrected chi connectivity index (χ0v) is 24.7. The molecule has 11 nitrogen and oxygen atoms in total. The third-order valence-corrected chi connectivity index (χ3v) is 7.23. The molecule has 11 heteroatoms. The summed E-state index contributed by atoms with van der Waals surface area (Å²) in [5, 5.41) is 24.2. The van der Waals surface area contributed by atoms with Crippen molar-refractivity contribution in [3.05, 3.63) is 52.6 Å². The lowest BCUT2D eigenvalue weighted by molar-refractivity contribution is -0.112. The number of amides is 2. The molecule has 2 amide bonds. The number of aromatic hydroxyl groups is 2. The summed E-state index contributed by atoms with van der Waals surface area (Å²) in [6, 6.07) is 1.14. The van der Waals surface area contributed by atoms with Crippen molar-refractivity contribution in [3.63, 3.8) is 0 Å². The number of fused-ring (bicyclic) bond motifs is 2. The Morgan fingerprint density at radius 1 is 1.12 bits per heavy atom. The van der Waals surface area contributed by atoms with Crippen molar-refractivity contribution in [3.8, 4) is 11.5 Å². The van der Waals surface area contributed by atoms with E-state index >= 15 is 0 Å². The molecule has 0 saturated carbocycles. The van der Waals surface area contributed by atoms with Crippen LogP contribution >= 0.6 is 0 Å². The summed E-state index contributed by atoms with van der Waals surface area (Å²) >= 11 is 0. The van der Waals surface area contributed by atoms with Gasteiger partial charge < -0.3 is 40.2 Å². The van der Waals surface area contributed by atoms with E-state index < -0.39 is 36.4 Å². The molecule has 0 aromatic heterocycles. The summed E-state index contributed by atoms with van der Waals surface area (Å²) in [7, 11) is 4.60. The first-order valence-electron chi connectivity index (χ1n) is 13.3. The maximum absolute atomic E-state index is 12.9. The fraction of sp³-hybridized carbons (Fsp3) is 0.500. The van der Waals surface area contributed by atoms with Crippen molar-refractivity contribution >= 4 is 24.0 Å². The van der Waals surface area contributed by atoms with Crippen LogP contribution in [-0.2, 0) is 30.2 Å². The number of hydrogen-bond donors (Lipinski definition) is 4. The highest BCUT2D eigenvalue weighted by atomic mass is 16.6. The van der Waals surface area contributed by atoms with Crippen molar-refractivity contribution in [1.82, 2.24) is 0 Å². The van der Waals surface area contributed by atoms with E-state index in [2.05, 4.69) is 5.32 Å². The van der Waals surface area contributed by atoms with E-state index in [4.69, 9.17) is 24.7 Å². The fourth-order valence-corrected chi connectivity index (χ4v) is 5.12. The summed E-state index contributed by atoms with van der Waals surface area (Å²) in [5.74, 6) is -1.58. The van der Waals surface area contributed by atoms with Gasteiger partial charge in [-0.05, 0) is 38.2 Å². The van der Waals surface area contributed by atoms with Gasteiger partial charge in [0.05, 0.1) is 23.5 Å². The van der Waals surface area contributed by atoms with Crippen molar-refractivity contribution in [1.29, 1.82) is 0 Å². The Labute approximate surface area is 241 Å². The van der Waals surface area contributed by atoms with E-state index in [0.717, 1.165) is 6.07 Å². The molecule has 0 radical (unpaired) electrons. The summed E-state index contributed by atoms with van der Waals surface area (Å²) in [4.78, 5) is 36.5. The Hall–Kier alpha value is -3.67. The van der Waals surface area contributed by atoms with Crippen LogP contribution in [0.4, 0.5) is 10.5 Å². The zero-order chi connectivity index (χ0) is 30.9. The number of benzene rings is 1. The maximum atomic E-state index is 12.9. The third-order valence-electron chi connectivity index (χ3n) is 7.23. The minimum Gasteiger partial charge on any atom is -0.507 e. The molecule has 1 aliphatic heterocycles. The summed E-state index contributed by atoms with van der Waals surface area (Å²) in [6.07, 6.45) is 4.36. The SMILES string of the molecule is CO[C@H]1[C@@H](OC)C[C@@H](C)Cc2c(O)c(cc(O)c2C=O)NC(=O)/C(C)=C\C=C/[C@H](OC)[C@@H](OC(N)=O)/C(C)=C\[C@@H]1C. The molecule has 5 N–H and O–H groups in total. The first-order chi connectivity index (χ1) is 19.4. The number of allylic oxidation sites excluding steroid dienone is 2. The molecule has 2 bridgehead atoms. The van der Waals surface area contributed by atoms with Gasteiger partial charge in [0.2, 0.25) is 0 Å². The second-order valence-corrected chi connectivity index (χ2v) is 10.3. The Morgan fingerprint density at radius 2 is 1.80 bits per heavy atom. The Balaban J connectivity index is 2.69. The van der Waals surface area contributed by atoms with Crippen LogP contribution in [0, 0.1) is 11.8 Å². The molecule has 1 heterocycles. The first-order valence-corrected chi connectivity index (χ1v) is 13.3. The van der Waals surface area contributed by atoms with Gasteiger partial charge in [-0.1, -0.05) is 38.2 Å². The topological polar surface area (TPSA) is 167 Å². The predicted octanol–water partition coefficient (Wildman–Crippen LogP) is 4.02. The Morgan fingerprint density at radius 3 is 2.37 bits per heavy atom. The van der Waals surface area contributed by atoms with Crippen LogP contribution in [0.5, 0.6) is 11.5 Å². The first kappa shape index (κ1) is 33.5. The number of nitrogens with one attached hydrogen (secondary N) is 1. The van der Waals surface area contributed by atoms with Gasteiger partial charge in [-0.2, -0.15) is 0 Å². The number of phenolic OH excluding ortho intramolecular Hbond substituents is 2. The van der Waals surface area contributed by atoms with Crippen molar-refractivity contribution in [2.45, 2.75) is 65.0 Å². The van der Waals surface area contributed by atoms with Crippen molar-refractivity contribution in [2.75, 3.05) is 26.6 Å². The molecule has 0 saturated heterocycles. The van der Waals surface area contributed by atoms with Gasteiger partial charge in [0, 0.05) is 44.5 Å². The molecule has 1 aliphatic rings. The summed E-state index contributed by atoms with van der Waals surface area (Å²) in [6.45, 7) is 7.21. The Bertz CT molecular complexity index is 1190. The van der Waals surface area contributed by atoms with E-state index in [9.17, 15) is 24.6 Å². The van der Waals surface area contributed by atoms with Crippen molar-refractivity contribution in [2.24, 2.45) is 17.6 Å². The largest absolute Gasteiger partial charge is 0.507 e. The van der Waals surface area contributed by atoms with E-state index in [1.54, 1.807) is 40.2 Å². The number of aldehydes is 1. The molecule has 6 atom stereocenters. The molecule has 2 rings (SSSR count). The number of carbonyl (C=O) groups is 3. The number of hydrogen-bond acceptors (Lipinski definition) is 9. The monoisotopic (exact) mass is 574 g/mol. The van der Waals surface area contributed by atoms with E-state index in [0.29, 0.717) is 18.3 Å². The molecule has 1 aromatic rings. The number of ether oxygens (including phenoxy) is 4. The van der Waals surface area contributed by atoms with Gasteiger partial charge in [0.15, 0.2) is 12.4 Å². The van der Waals surface area contributed by atoms with E-state index in [-0.39, 0.29) is 52.1 Å². The van der Waals surface area contributed by atoms with Crippen LogP contribution in [0.3, 0.4) is 0 Å². The zero-order valence-electron chi connectivity index (χ0n) is 24.7. The number of rotatable bonds is 5. The second-order valence-electron chi connectivity index (χ2n) is 10.3. The number of carbonyl (C=O) groups excluding carboxylic acids is 3. The number of nitrogens with two attached hydrogens (primary N) is 1. The lowest BCUT2D eigenvalue weighted by Crippen LogP contribution is -2.38. The van der Waals surface area contributed by atoms with Crippen LogP contribution in [0.25, 0.3) is 0 Å². The molecular weight excluding hydrogens is 532 g/mol. The smallest absolute Gasteiger partial charge is 0.405 e. The van der Waals surface area contributed by atoms with Gasteiger partial charge in [0.1, 0.15) is 17.6 Å². The molecule has 226 valence electrons. The fourth-order valence-electron chi connectivity index (χ4n) is 5.12. The van der Waals surface area contributed by atoms with Crippen LogP contribution in [0.15, 0.2) is 41.5 Å². The average molecular weight is 575 g/mol. The van der Waals surface area contributed by atoms with Gasteiger partial charge in [-0.15, -0.1) is 0 Å². The third kappa shape index (κ3) is 8.66. The molecular formula is C30H42N2O9. The van der Waals surface area contributed by atoms with Gasteiger partial charge in [-0.25, -0.2) is 4.79 Å². The molecule has 0 aliphatic carbocycles. The quantitative estimate of drug-likeness (QED) is 0.176. The summed E-state index contributed by atoms with van der Waals surface area (Å²) in [5.41, 5.74) is 6.43. The minimum absolute atomic E-state index is 0.0360. The van der Waals surface area contributed by atoms with Crippen LogP contribution in [0.2, 0.25) is 0 Å². The highest BCUT2D eigenvalue weighted by Crippen LogP contribution is 2.38. The molecule has 0 spiro atoms. The Kier molecular flexibility index (Phi) is 12.6. The maximum Gasteiger partial charge on any atom is 0.405 e. The highest BCUT2D eigenvalue weighted by molar-refractivity contribution is 6.05. The standard InChI is InChI=1S/C30H42N2O9/c1-16-11-20-21(15-33)23(34)14-22(26(20)35)32-29(36)17(2)9-8-10-24(38-5)28(41-30(31)37)19(4)13-18(3)27(40-7)25(12-16)39-6/h8-10,13-16,18,24-25,27-28,34-35H,11-12H2,1-7H3,(H2,31,37)(H,32,36)/b10-8-,17-9-,19-13-/t16-,18-,24-,25-,27+,28-/m0/s1. The molecule has 0 unspecified atom stereocenters. The van der Waals surface area contributed by atoms with Gasteiger partial charge >= 0.3 is 6.09 Å². The van der Waals surface area contributed by atoms with Gasteiger partial charge in [0.25, 0.3) is 5.91 Å². The lowest BCUT2D eigenvalue weighted by atomic mass is 9.87. The molecule has 0 fully saturated rings. The second kappa shape index (κ2) is 15.4. The van der Waals surface area contributed by atoms with Gasteiger partial charge in [-0.3, -0.25) is 9.59 Å². The average Bonchev–Trinajstić information content (AvgIpc) is 2.91. The number of methoxy groups -OCH3 is 3. The van der Waals surface area contributed by atoms with E-state index in [1.165, 1.54) is 13.2 Å². The number of phenols is 2. The molecule has 1 aromatic carbocycles. The summed E-state index contributed by atoms with van der Waals surface area (Å²) < 4.78 is 22.6. The van der Waals surface area contributed by atoms with Crippen LogP contribution < -0.4 is 11.1 Å². The van der Waals surface area contributed by atoms with Crippen LogP contribution in [0.1, 0.15) is 50.0 Å². The van der Waals surface area contributed by atoms with E-state index in [1.807, 2.05) is 19.9 Å².